The molecule has 0 bridgehead atoms. The average Bonchev–Trinajstić information content (AvgIpc) is 2.43. The fourth-order valence-electron chi connectivity index (χ4n) is 1.28. The van der Waals surface area contributed by atoms with Crippen molar-refractivity contribution in [1.29, 1.82) is 0 Å². The highest BCUT2D eigenvalue weighted by molar-refractivity contribution is 5.89. The van der Waals surface area contributed by atoms with E-state index < -0.39 is 5.97 Å². The van der Waals surface area contributed by atoms with E-state index in [0.717, 1.165) is 0 Å². The molecule has 0 saturated heterocycles. The van der Waals surface area contributed by atoms with Crippen LogP contribution in [0.4, 0.5) is 0 Å². The molecule has 0 unspecified atom stereocenters. The summed E-state index contributed by atoms with van der Waals surface area (Å²) < 4.78 is 10.2. The Bertz CT molecular complexity index is 414. The van der Waals surface area contributed by atoms with Crippen LogP contribution < -0.4 is 4.74 Å². The quantitative estimate of drug-likeness (QED) is 0.432. The highest BCUT2D eigenvalue weighted by atomic mass is 17.2. The molecule has 0 radical (unpaired) electrons. The fraction of sp³-hybridized carbons (Fsp3) is 0.500. The van der Waals surface area contributed by atoms with Gasteiger partial charge in [-0.3, -0.25) is 4.89 Å². The van der Waals surface area contributed by atoms with Gasteiger partial charge < -0.3 is 9.47 Å². The maximum atomic E-state index is 11.7. The van der Waals surface area contributed by atoms with E-state index in [-0.39, 0.29) is 12.2 Å². The van der Waals surface area contributed by atoms with Crippen molar-refractivity contribution in [2.45, 2.75) is 25.9 Å². The second-order valence-corrected chi connectivity index (χ2v) is 4.64. The van der Waals surface area contributed by atoms with E-state index in [0.29, 0.717) is 17.7 Å². The summed E-state index contributed by atoms with van der Waals surface area (Å²) in [6.45, 7) is 4.14. The number of hydrogen-bond acceptors (Lipinski definition) is 5. The number of benzene rings is 1. The second-order valence-electron chi connectivity index (χ2n) is 4.64. The number of carbonyl (C=O) groups excluding carboxylic acids is 1. The van der Waals surface area contributed by atoms with Crippen LogP contribution in [-0.4, -0.2) is 32.4 Å². The Kier molecular flexibility index (Phi) is 5.79. The van der Waals surface area contributed by atoms with Gasteiger partial charge in [-0.05, 0) is 32.0 Å². The van der Waals surface area contributed by atoms with Crippen molar-refractivity contribution in [2.75, 3.05) is 20.8 Å². The third-order valence-corrected chi connectivity index (χ3v) is 2.78. The fourth-order valence-corrected chi connectivity index (χ4v) is 1.28. The minimum absolute atomic E-state index is 0.274. The Balaban J connectivity index is 2.39. The van der Waals surface area contributed by atoms with Crippen LogP contribution in [0, 0.1) is 0 Å². The van der Waals surface area contributed by atoms with E-state index in [1.54, 1.807) is 31.4 Å². The van der Waals surface area contributed by atoms with Gasteiger partial charge in [0.2, 0.25) is 0 Å². The summed E-state index contributed by atoms with van der Waals surface area (Å²) in [5.74, 6) is 0.0455. The maximum Gasteiger partial charge on any atom is 0.373 e. The van der Waals surface area contributed by atoms with Crippen molar-refractivity contribution < 1.29 is 24.0 Å². The lowest BCUT2D eigenvalue weighted by Gasteiger charge is -2.21. The van der Waals surface area contributed by atoms with Crippen LogP contribution in [0.3, 0.4) is 0 Å². The molecule has 106 valence electrons. The summed E-state index contributed by atoms with van der Waals surface area (Å²) in [5.41, 5.74) is 0.0768. The van der Waals surface area contributed by atoms with Gasteiger partial charge >= 0.3 is 5.97 Å². The highest BCUT2D eigenvalue weighted by Gasteiger charge is 2.17. The van der Waals surface area contributed by atoms with E-state index in [2.05, 4.69) is 0 Å². The third kappa shape index (κ3) is 5.28. The number of ether oxygens (including phenoxy) is 2. The lowest BCUT2D eigenvalue weighted by atomic mass is 10.1. The number of hydrogen-bond donors (Lipinski definition) is 0. The van der Waals surface area contributed by atoms with Gasteiger partial charge in [0.05, 0.1) is 24.9 Å². The molecular weight excluding hydrogens is 248 g/mol. The van der Waals surface area contributed by atoms with Crippen molar-refractivity contribution >= 4 is 5.97 Å². The molecule has 1 aromatic rings. The van der Waals surface area contributed by atoms with E-state index in [1.807, 2.05) is 13.8 Å². The Morgan fingerprint density at radius 1 is 1.26 bits per heavy atom. The molecule has 0 heterocycles. The zero-order valence-corrected chi connectivity index (χ0v) is 11.8. The number of carbonyl (C=O) groups is 1. The molecule has 19 heavy (non-hydrogen) atoms. The van der Waals surface area contributed by atoms with E-state index >= 15 is 0 Å². The number of rotatable bonds is 7. The molecular formula is C14H20O5. The minimum atomic E-state index is -0.547. The normalized spacial score (nSPS) is 11.2. The van der Waals surface area contributed by atoms with Gasteiger partial charge in [0.25, 0.3) is 0 Å². The summed E-state index contributed by atoms with van der Waals surface area (Å²) in [5, 5.41) is 0. The van der Waals surface area contributed by atoms with Gasteiger partial charge in [0.1, 0.15) is 5.75 Å². The lowest BCUT2D eigenvalue weighted by Crippen LogP contribution is -2.24. The minimum Gasteiger partial charge on any atom is -0.497 e. The molecule has 0 aliphatic rings. The van der Waals surface area contributed by atoms with E-state index in [1.165, 1.54) is 7.11 Å². The van der Waals surface area contributed by atoms with Crippen LogP contribution in [0.1, 0.15) is 30.6 Å². The van der Waals surface area contributed by atoms with Crippen LogP contribution in [0.2, 0.25) is 0 Å². The first kappa shape index (κ1) is 15.5. The third-order valence-electron chi connectivity index (χ3n) is 2.78. The maximum absolute atomic E-state index is 11.7. The first-order valence-corrected chi connectivity index (χ1v) is 6.01. The van der Waals surface area contributed by atoms with E-state index in [4.69, 9.17) is 19.2 Å². The molecule has 0 aliphatic heterocycles. The van der Waals surface area contributed by atoms with E-state index in [9.17, 15) is 4.79 Å². The van der Waals surface area contributed by atoms with Gasteiger partial charge in [-0.1, -0.05) is 6.07 Å². The molecule has 0 spiro atoms. The summed E-state index contributed by atoms with van der Waals surface area (Å²) in [6, 6.07) is 6.68. The predicted molar refractivity (Wildman–Crippen MR) is 70.1 cm³/mol. The topological polar surface area (TPSA) is 54.0 Å². The Labute approximate surface area is 113 Å². The Morgan fingerprint density at radius 3 is 2.63 bits per heavy atom. The average molecular weight is 268 g/mol. The molecule has 0 N–H and O–H groups in total. The Hall–Kier alpha value is -1.59. The first-order valence-electron chi connectivity index (χ1n) is 6.01. The largest absolute Gasteiger partial charge is 0.497 e. The summed E-state index contributed by atoms with van der Waals surface area (Å²) in [4.78, 5) is 21.3. The zero-order valence-electron chi connectivity index (χ0n) is 11.8. The van der Waals surface area contributed by atoms with Gasteiger partial charge in [0, 0.05) is 13.5 Å². The van der Waals surface area contributed by atoms with Crippen molar-refractivity contribution in [2.24, 2.45) is 0 Å². The van der Waals surface area contributed by atoms with Gasteiger partial charge in [0.15, 0.2) is 0 Å². The summed E-state index contributed by atoms with van der Waals surface area (Å²) in [7, 11) is 3.16. The standard InChI is InChI=1S/C14H20O5/c1-14(2,17-4)8-9-18-19-13(15)11-6-5-7-12(10-11)16-3/h5-7,10H,8-9H2,1-4H3. The van der Waals surface area contributed by atoms with Crippen LogP contribution in [0.15, 0.2) is 24.3 Å². The van der Waals surface area contributed by atoms with Gasteiger partial charge in [-0.25, -0.2) is 4.79 Å². The van der Waals surface area contributed by atoms with Crippen LogP contribution in [0.5, 0.6) is 5.75 Å². The molecule has 5 heteroatoms. The second kappa shape index (κ2) is 7.11. The SMILES string of the molecule is COc1cccc(C(=O)OOCCC(C)(C)OC)c1. The molecule has 0 fully saturated rings. The molecule has 0 aliphatic carbocycles. The molecule has 0 saturated carbocycles. The lowest BCUT2D eigenvalue weighted by molar-refractivity contribution is -0.247. The van der Waals surface area contributed by atoms with Crippen molar-refractivity contribution in [3.63, 3.8) is 0 Å². The molecule has 0 atom stereocenters. The van der Waals surface area contributed by atoms with Crippen LogP contribution in [-0.2, 0) is 14.5 Å². The molecule has 5 nitrogen and oxygen atoms in total. The monoisotopic (exact) mass is 268 g/mol. The number of methoxy groups -OCH3 is 2. The van der Waals surface area contributed by atoms with Gasteiger partial charge in [-0.2, -0.15) is 4.89 Å². The predicted octanol–water partition coefficient (Wildman–Crippen LogP) is 2.60. The summed E-state index contributed by atoms with van der Waals surface area (Å²) >= 11 is 0. The van der Waals surface area contributed by atoms with Crippen molar-refractivity contribution in [3.8, 4) is 5.75 Å². The Morgan fingerprint density at radius 2 is 2.00 bits per heavy atom. The molecule has 1 aromatic carbocycles. The first-order chi connectivity index (χ1) is 8.98. The highest BCUT2D eigenvalue weighted by Crippen LogP contribution is 2.15. The van der Waals surface area contributed by atoms with Crippen LogP contribution >= 0.6 is 0 Å². The zero-order chi connectivity index (χ0) is 14.3. The van der Waals surface area contributed by atoms with Gasteiger partial charge in [-0.15, -0.1) is 0 Å². The smallest absolute Gasteiger partial charge is 0.373 e. The van der Waals surface area contributed by atoms with Crippen molar-refractivity contribution in [3.05, 3.63) is 29.8 Å². The molecule has 0 amide bonds. The molecule has 1 rings (SSSR count). The molecule has 0 aromatic heterocycles. The van der Waals surface area contributed by atoms with Crippen LogP contribution in [0.25, 0.3) is 0 Å². The van der Waals surface area contributed by atoms with Crippen molar-refractivity contribution in [1.82, 2.24) is 0 Å². The summed E-state index contributed by atoms with van der Waals surface area (Å²) in [6.07, 6.45) is 0.620.